The maximum absolute atomic E-state index is 12.1. The van der Waals surface area contributed by atoms with E-state index in [4.69, 9.17) is 10.5 Å². The molecule has 0 aliphatic heterocycles. The molecule has 1 amide bonds. The normalized spacial score (nSPS) is 22.3. The Bertz CT molecular complexity index is 466. The molecule has 1 saturated carbocycles. The highest BCUT2D eigenvalue weighted by molar-refractivity contribution is 5.99. The van der Waals surface area contributed by atoms with E-state index in [0.29, 0.717) is 22.9 Å². The Morgan fingerprint density at radius 1 is 1.35 bits per heavy atom. The number of carbonyl (C=O) groups is 1. The summed E-state index contributed by atoms with van der Waals surface area (Å²) in [6.45, 7) is 3.05. The van der Waals surface area contributed by atoms with Gasteiger partial charge in [0.05, 0.1) is 12.7 Å². The molecule has 0 aromatic heterocycles. The topological polar surface area (TPSA) is 64.3 Å². The number of ether oxygens (including phenoxy) is 1. The summed E-state index contributed by atoms with van der Waals surface area (Å²) >= 11 is 0. The zero-order chi connectivity index (χ0) is 14.5. The second-order valence-electron chi connectivity index (χ2n) is 5.79. The van der Waals surface area contributed by atoms with Crippen molar-refractivity contribution in [2.45, 2.75) is 32.6 Å². The van der Waals surface area contributed by atoms with Crippen molar-refractivity contribution in [3.8, 4) is 5.75 Å². The predicted octanol–water partition coefficient (Wildman–Crippen LogP) is 2.83. The van der Waals surface area contributed by atoms with Gasteiger partial charge in [-0.25, -0.2) is 0 Å². The number of anilines is 1. The molecule has 1 fully saturated rings. The van der Waals surface area contributed by atoms with E-state index < -0.39 is 0 Å². The molecule has 2 rings (SSSR count). The lowest BCUT2D eigenvalue weighted by Gasteiger charge is -2.26. The molecule has 0 unspecified atom stereocenters. The fraction of sp³-hybridized carbons (Fsp3) is 0.562. The molecule has 3 N–H and O–H groups in total. The maximum atomic E-state index is 12.1. The quantitative estimate of drug-likeness (QED) is 0.831. The largest absolute Gasteiger partial charge is 0.497 e. The molecule has 0 atom stereocenters. The van der Waals surface area contributed by atoms with Gasteiger partial charge in [0.1, 0.15) is 5.75 Å². The molecule has 1 aliphatic rings. The number of nitrogens with two attached hydrogens (primary N) is 1. The van der Waals surface area contributed by atoms with E-state index in [-0.39, 0.29) is 5.91 Å². The highest BCUT2D eigenvalue weighted by atomic mass is 16.5. The lowest BCUT2D eigenvalue weighted by atomic mass is 9.83. The molecular formula is C16H24N2O2. The van der Waals surface area contributed by atoms with E-state index in [1.54, 1.807) is 25.3 Å². The number of carbonyl (C=O) groups excluding carboxylic acids is 1. The van der Waals surface area contributed by atoms with Gasteiger partial charge in [0.15, 0.2) is 0 Å². The molecule has 0 heterocycles. The Morgan fingerprint density at radius 3 is 2.65 bits per heavy atom. The number of rotatable bonds is 4. The van der Waals surface area contributed by atoms with Crippen molar-refractivity contribution < 1.29 is 9.53 Å². The molecule has 4 nitrogen and oxygen atoms in total. The Kier molecular flexibility index (Phi) is 4.88. The molecular weight excluding hydrogens is 252 g/mol. The number of hydrogen-bond acceptors (Lipinski definition) is 3. The van der Waals surface area contributed by atoms with Crippen LogP contribution in [0.2, 0.25) is 0 Å². The van der Waals surface area contributed by atoms with Gasteiger partial charge in [-0.15, -0.1) is 0 Å². The lowest BCUT2D eigenvalue weighted by Crippen LogP contribution is -2.31. The highest BCUT2D eigenvalue weighted by Gasteiger charge is 2.19. The Morgan fingerprint density at radius 2 is 2.05 bits per heavy atom. The summed E-state index contributed by atoms with van der Waals surface area (Å²) < 4.78 is 5.08. The Hall–Kier alpha value is -1.71. The fourth-order valence-corrected chi connectivity index (χ4v) is 2.74. The van der Waals surface area contributed by atoms with Crippen molar-refractivity contribution in [1.82, 2.24) is 5.32 Å². The van der Waals surface area contributed by atoms with Crippen LogP contribution in [0, 0.1) is 11.8 Å². The van der Waals surface area contributed by atoms with Gasteiger partial charge in [-0.3, -0.25) is 4.79 Å². The van der Waals surface area contributed by atoms with Crippen LogP contribution in [-0.2, 0) is 0 Å². The van der Waals surface area contributed by atoms with Crippen molar-refractivity contribution >= 4 is 11.6 Å². The van der Waals surface area contributed by atoms with E-state index in [9.17, 15) is 4.79 Å². The second kappa shape index (κ2) is 6.64. The number of methoxy groups -OCH3 is 1. The Balaban J connectivity index is 1.88. The van der Waals surface area contributed by atoms with E-state index in [1.807, 2.05) is 0 Å². The van der Waals surface area contributed by atoms with E-state index in [0.717, 1.165) is 12.5 Å². The summed E-state index contributed by atoms with van der Waals surface area (Å²) in [5.41, 5.74) is 6.86. The van der Waals surface area contributed by atoms with Gasteiger partial charge in [0.2, 0.25) is 0 Å². The van der Waals surface area contributed by atoms with Crippen molar-refractivity contribution in [2.75, 3.05) is 19.4 Å². The van der Waals surface area contributed by atoms with Gasteiger partial charge in [-0.2, -0.15) is 0 Å². The molecule has 1 aliphatic carbocycles. The number of hydrogen-bond donors (Lipinski definition) is 2. The van der Waals surface area contributed by atoms with Gasteiger partial charge in [0, 0.05) is 18.3 Å². The smallest absolute Gasteiger partial charge is 0.253 e. The van der Waals surface area contributed by atoms with Crippen LogP contribution in [0.5, 0.6) is 5.75 Å². The molecule has 110 valence electrons. The minimum atomic E-state index is -0.0937. The maximum Gasteiger partial charge on any atom is 0.253 e. The van der Waals surface area contributed by atoms with Crippen molar-refractivity contribution in [3.05, 3.63) is 23.8 Å². The monoisotopic (exact) mass is 276 g/mol. The minimum absolute atomic E-state index is 0.0937. The van der Waals surface area contributed by atoms with Crippen LogP contribution < -0.4 is 15.8 Å². The molecule has 0 saturated heterocycles. The summed E-state index contributed by atoms with van der Waals surface area (Å²) in [4.78, 5) is 12.1. The van der Waals surface area contributed by atoms with E-state index in [2.05, 4.69) is 12.2 Å². The third-order valence-electron chi connectivity index (χ3n) is 4.19. The molecule has 1 aromatic rings. The first-order valence-electron chi connectivity index (χ1n) is 7.32. The van der Waals surface area contributed by atoms with Crippen LogP contribution >= 0.6 is 0 Å². The van der Waals surface area contributed by atoms with Crippen LogP contribution in [-0.4, -0.2) is 19.6 Å². The summed E-state index contributed by atoms with van der Waals surface area (Å²) in [6.07, 6.45) is 4.95. The summed E-state index contributed by atoms with van der Waals surface area (Å²) in [5, 5.41) is 3.00. The van der Waals surface area contributed by atoms with Crippen LogP contribution in [0.15, 0.2) is 18.2 Å². The van der Waals surface area contributed by atoms with Gasteiger partial charge in [0.25, 0.3) is 5.91 Å². The minimum Gasteiger partial charge on any atom is -0.497 e. The van der Waals surface area contributed by atoms with Gasteiger partial charge >= 0.3 is 0 Å². The molecule has 0 radical (unpaired) electrons. The van der Waals surface area contributed by atoms with Crippen molar-refractivity contribution in [2.24, 2.45) is 11.8 Å². The third-order valence-corrected chi connectivity index (χ3v) is 4.19. The fourth-order valence-electron chi connectivity index (χ4n) is 2.74. The standard InChI is InChI=1S/C16H24N2O2/c1-11-3-5-12(6-4-11)10-18-16(19)14-8-7-13(20-2)9-15(14)17/h7-9,11-12H,3-6,10,17H2,1-2H3,(H,18,19). The molecule has 0 spiro atoms. The second-order valence-corrected chi connectivity index (χ2v) is 5.79. The van der Waals surface area contributed by atoms with Crippen molar-refractivity contribution in [3.63, 3.8) is 0 Å². The summed E-state index contributed by atoms with van der Waals surface area (Å²) in [7, 11) is 1.58. The molecule has 1 aromatic carbocycles. The number of nitrogens with one attached hydrogen (secondary N) is 1. The van der Waals surface area contributed by atoms with Gasteiger partial charge < -0.3 is 15.8 Å². The average Bonchev–Trinajstić information content (AvgIpc) is 2.46. The lowest BCUT2D eigenvalue weighted by molar-refractivity contribution is 0.0942. The third kappa shape index (κ3) is 3.65. The van der Waals surface area contributed by atoms with Crippen LogP contribution in [0.1, 0.15) is 43.0 Å². The van der Waals surface area contributed by atoms with Crippen molar-refractivity contribution in [1.29, 1.82) is 0 Å². The number of amides is 1. The molecule has 20 heavy (non-hydrogen) atoms. The Labute approximate surface area is 120 Å². The summed E-state index contributed by atoms with van der Waals surface area (Å²) in [5.74, 6) is 2.01. The zero-order valence-corrected chi connectivity index (χ0v) is 12.3. The average molecular weight is 276 g/mol. The first-order valence-corrected chi connectivity index (χ1v) is 7.32. The van der Waals surface area contributed by atoms with Crippen LogP contribution in [0.25, 0.3) is 0 Å². The number of benzene rings is 1. The number of nitrogen functional groups attached to an aromatic ring is 1. The van der Waals surface area contributed by atoms with Gasteiger partial charge in [-0.05, 0) is 36.8 Å². The summed E-state index contributed by atoms with van der Waals surface area (Å²) in [6, 6.07) is 5.15. The first-order chi connectivity index (χ1) is 9.60. The molecule has 4 heteroatoms. The SMILES string of the molecule is COc1ccc(C(=O)NCC2CCC(C)CC2)c(N)c1. The zero-order valence-electron chi connectivity index (χ0n) is 12.3. The van der Waals surface area contributed by atoms with E-state index >= 15 is 0 Å². The first kappa shape index (κ1) is 14.7. The highest BCUT2D eigenvalue weighted by Crippen LogP contribution is 2.27. The van der Waals surface area contributed by atoms with Gasteiger partial charge in [-0.1, -0.05) is 19.8 Å². The van der Waals surface area contributed by atoms with Crippen LogP contribution in [0.4, 0.5) is 5.69 Å². The van der Waals surface area contributed by atoms with E-state index in [1.165, 1.54) is 25.7 Å². The molecule has 0 bridgehead atoms. The van der Waals surface area contributed by atoms with Crippen LogP contribution in [0.3, 0.4) is 0 Å². The predicted molar refractivity (Wildman–Crippen MR) is 80.9 cm³/mol.